The van der Waals surface area contributed by atoms with Crippen LogP contribution in [0.15, 0.2) is 24.3 Å². The van der Waals surface area contributed by atoms with Crippen LogP contribution in [0.3, 0.4) is 0 Å². The first-order valence-electron chi connectivity index (χ1n) is 24.1. The molecular formula is C51H79N7O14. The largest absolute Gasteiger partial charge is 0.467 e. The summed E-state index contributed by atoms with van der Waals surface area (Å²) in [6.07, 6.45) is -1.65. The Morgan fingerprint density at radius 2 is 0.972 bits per heavy atom. The summed E-state index contributed by atoms with van der Waals surface area (Å²) in [5.41, 5.74) is -2.91. The molecule has 0 aromatic heterocycles. The third-order valence-electron chi connectivity index (χ3n) is 12.7. The lowest BCUT2D eigenvalue weighted by Gasteiger charge is -2.36. The minimum absolute atomic E-state index is 0.00190. The van der Waals surface area contributed by atoms with Crippen LogP contribution in [-0.2, 0) is 47.7 Å². The van der Waals surface area contributed by atoms with Crippen molar-refractivity contribution in [1.29, 1.82) is 0 Å². The van der Waals surface area contributed by atoms with Crippen molar-refractivity contribution in [2.75, 3.05) is 41.4 Å². The summed E-state index contributed by atoms with van der Waals surface area (Å²) in [7, 11) is 5.22. The molecule has 2 aliphatic rings. The fourth-order valence-electron chi connectivity index (χ4n) is 8.19. The lowest BCUT2D eigenvalue weighted by Crippen LogP contribution is -2.59. The smallest absolute Gasteiger partial charge is 0.410 e. The third-order valence-corrected chi connectivity index (χ3v) is 12.7. The fraction of sp³-hybridized carbons (Fsp3) is 0.686. The highest BCUT2D eigenvalue weighted by molar-refractivity contribution is 5.99. The predicted octanol–water partition coefficient (Wildman–Crippen LogP) is 4.09. The number of nitrogens with zero attached hydrogens (tertiary/aromatic N) is 4. The second-order valence-corrected chi connectivity index (χ2v) is 22.9. The molecule has 0 saturated carbocycles. The number of esters is 2. The Kier molecular flexibility index (Phi) is 19.6. The summed E-state index contributed by atoms with van der Waals surface area (Å²) in [6, 6.07) is -1.02. The Bertz CT molecular complexity index is 2050. The molecule has 21 heteroatoms. The zero-order chi connectivity index (χ0) is 55.2. The molecule has 0 aliphatic carbocycles. The zero-order valence-corrected chi connectivity index (χ0v) is 45.5. The number of carbonyl (C=O) groups excluding carboxylic acids is 10. The van der Waals surface area contributed by atoms with Crippen molar-refractivity contribution in [3.05, 3.63) is 35.4 Å². The summed E-state index contributed by atoms with van der Waals surface area (Å²) < 4.78 is 20.9. The van der Waals surface area contributed by atoms with Crippen LogP contribution in [0.2, 0.25) is 0 Å². The normalized spacial score (nSPS) is 19.9. The summed E-state index contributed by atoms with van der Waals surface area (Å²) in [6.45, 7) is 23.7. The molecule has 2 aliphatic heterocycles. The van der Waals surface area contributed by atoms with Crippen molar-refractivity contribution in [3.63, 3.8) is 0 Å². The second-order valence-electron chi connectivity index (χ2n) is 22.9. The number of ketones is 1. The van der Waals surface area contributed by atoms with E-state index in [9.17, 15) is 47.9 Å². The topological polar surface area (TPSA) is 257 Å². The second kappa shape index (κ2) is 23.5. The zero-order valence-electron chi connectivity index (χ0n) is 45.5. The maximum absolute atomic E-state index is 14.4. The maximum atomic E-state index is 14.4. The monoisotopic (exact) mass is 1010 g/mol. The Hall–Kier alpha value is -6.28. The highest BCUT2D eigenvalue weighted by Gasteiger charge is 2.48. The van der Waals surface area contributed by atoms with E-state index in [1.54, 1.807) is 90.0 Å². The number of methoxy groups -OCH3 is 2. The lowest BCUT2D eigenvalue weighted by atomic mass is 9.76. The van der Waals surface area contributed by atoms with Crippen LogP contribution in [0.5, 0.6) is 0 Å². The molecule has 7 amide bonds. The van der Waals surface area contributed by atoms with Crippen LogP contribution in [0.25, 0.3) is 0 Å². The average Bonchev–Trinajstić information content (AvgIpc) is 3.90. The highest BCUT2D eigenvalue weighted by atomic mass is 16.6. The van der Waals surface area contributed by atoms with Crippen molar-refractivity contribution in [1.82, 2.24) is 35.6 Å². The number of nitrogens with one attached hydrogen (secondary N) is 3. The number of Topliss-reactive ketones (excluding diaryl/α,β-unsaturated/α-hetero) is 1. The van der Waals surface area contributed by atoms with Gasteiger partial charge in [-0.05, 0) is 90.5 Å². The minimum Gasteiger partial charge on any atom is -0.467 e. The van der Waals surface area contributed by atoms with Gasteiger partial charge < -0.3 is 49.6 Å². The molecule has 2 saturated heterocycles. The number of hydrogen-bond acceptors (Lipinski definition) is 14. The minimum atomic E-state index is -1.16. The van der Waals surface area contributed by atoms with Gasteiger partial charge in [-0.25, -0.2) is 19.2 Å². The van der Waals surface area contributed by atoms with E-state index in [1.165, 1.54) is 74.2 Å². The van der Waals surface area contributed by atoms with Gasteiger partial charge in [0.2, 0.25) is 17.7 Å². The van der Waals surface area contributed by atoms with Gasteiger partial charge in [0.05, 0.1) is 20.3 Å². The summed E-state index contributed by atoms with van der Waals surface area (Å²) in [4.78, 5) is 140. The van der Waals surface area contributed by atoms with Gasteiger partial charge in [0.25, 0.3) is 11.8 Å². The van der Waals surface area contributed by atoms with Crippen molar-refractivity contribution in [3.8, 4) is 0 Å². The lowest BCUT2D eigenvalue weighted by molar-refractivity contribution is -0.154. The van der Waals surface area contributed by atoms with Gasteiger partial charge in [-0.3, -0.25) is 33.7 Å². The SMILES string of the molecule is COC(=O)[C@@H]1C[C@H](NC(=O)c2ccc(C(=O)N[C@H]3C[C@@H](C(=O)OC)N(C(=O)[C@@H](NC(=O)[C@H](C)N(C)C(=O)OC(C)(C)C)C(C)(C)C)C3)cc2)CN1C(=O)[C@@H](CC(=O)[C@H](C)N(C)C(=O)OC(C)(C)C)C(C)(C)C. The number of ether oxygens (including phenoxy) is 4. The summed E-state index contributed by atoms with van der Waals surface area (Å²) in [5.74, 6) is -5.56. The molecule has 0 radical (unpaired) electrons. The van der Waals surface area contributed by atoms with Crippen LogP contribution in [0, 0.1) is 16.7 Å². The van der Waals surface area contributed by atoms with Crippen LogP contribution < -0.4 is 16.0 Å². The van der Waals surface area contributed by atoms with Gasteiger partial charge >= 0.3 is 24.1 Å². The Labute approximate surface area is 424 Å². The standard InChI is InChI=1S/C51H79N7O14/c1-28(55(15)46(67)71-50(9,10)11)37(59)25-34(48(3,4)5)42(63)57-26-32(23-35(57)44(65)69-17)52-40(61)30-19-21-31(22-20-30)41(62)53-33-24-36(45(66)70-18)58(27-33)43(64)38(49(6,7)8)54-39(60)29(2)56(16)47(68)72-51(12,13)14/h19-22,28-29,32-36,38H,23-27H2,1-18H3,(H,52,61)(H,53,62)(H,54,60)/t28-,29-,32-,33-,34+,35-,36-,38+/m0/s1. The average molecular weight is 1010 g/mol. The third kappa shape index (κ3) is 15.9. The Morgan fingerprint density at radius 1 is 0.597 bits per heavy atom. The number of likely N-dealkylation sites (N-methyl/N-ethyl adjacent to an activating group) is 2. The molecule has 72 heavy (non-hydrogen) atoms. The van der Waals surface area contributed by atoms with E-state index in [0.717, 1.165) is 4.90 Å². The molecule has 0 bridgehead atoms. The molecule has 0 unspecified atom stereocenters. The van der Waals surface area contributed by atoms with Crippen molar-refractivity contribution in [2.24, 2.45) is 16.7 Å². The molecule has 3 N–H and O–H groups in total. The van der Waals surface area contributed by atoms with E-state index in [2.05, 4.69) is 16.0 Å². The number of benzene rings is 1. The highest BCUT2D eigenvalue weighted by Crippen LogP contribution is 2.35. The molecule has 402 valence electrons. The molecule has 21 nitrogen and oxygen atoms in total. The molecule has 2 fully saturated rings. The van der Waals surface area contributed by atoms with E-state index >= 15 is 0 Å². The molecule has 1 aromatic carbocycles. The predicted molar refractivity (Wildman–Crippen MR) is 264 cm³/mol. The molecule has 3 rings (SSSR count). The Balaban J connectivity index is 1.74. The van der Waals surface area contributed by atoms with Gasteiger partial charge in [0.15, 0.2) is 5.78 Å². The van der Waals surface area contributed by atoms with E-state index in [0.29, 0.717) is 0 Å². The molecular weight excluding hydrogens is 935 g/mol. The maximum Gasteiger partial charge on any atom is 0.410 e. The molecule has 8 atom stereocenters. The first kappa shape index (κ1) is 60.0. The van der Waals surface area contributed by atoms with Gasteiger partial charge in [-0.2, -0.15) is 0 Å². The molecule has 2 heterocycles. The Morgan fingerprint density at radius 3 is 1.32 bits per heavy atom. The molecule has 1 aromatic rings. The van der Waals surface area contributed by atoms with Gasteiger partial charge in [0.1, 0.15) is 35.4 Å². The first-order valence-corrected chi connectivity index (χ1v) is 24.1. The van der Waals surface area contributed by atoms with E-state index in [1.807, 2.05) is 0 Å². The van der Waals surface area contributed by atoms with Crippen molar-refractivity contribution < 1.29 is 66.9 Å². The number of hydrogen-bond donors (Lipinski definition) is 3. The number of rotatable bonds is 15. The van der Waals surface area contributed by atoms with Crippen LogP contribution in [0.1, 0.15) is 137 Å². The van der Waals surface area contributed by atoms with Crippen LogP contribution >= 0.6 is 0 Å². The van der Waals surface area contributed by atoms with E-state index in [4.69, 9.17) is 18.9 Å². The quantitative estimate of drug-likeness (QED) is 0.165. The van der Waals surface area contributed by atoms with Crippen molar-refractivity contribution in [2.45, 2.75) is 170 Å². The molecule has 0 spiro atoms. The van der Waals surface area contributed by atoms with Crippen molar-refractivity contribution >= 4 is 59.4 Å². The van der Waals surface area contributed by atoms with Gasteiger partial charge in [-0.15, -0.1) is 0 Å². The van der Waals surface area contributed by atoms with Gasteiger partial charge in [0, 0.05) is 75.6 Å². The summed E-state index contributed by atoms with van der Waals surface area (Å²) >= 11 is 0. The summed E-state index contributed by atoms with van der Waals surface area (Å²) in [5, 5.41) is 8.49. The van der Waals surface area contributed by atoms with E-state index < -0.39 is 124 Å². The number of likely N-dealkylation sites (tertiary alicyclic amines) is 2. The van der Waals surface area contributed by atoms with Crippen LogP contribution in [-0.4, -0.2) is 174 Å². The van der Waals surface area contributed by atoms with Crippen LogP contribution in [0.4, 0.5) is 9.59 Å². The van der Waals surface area contributed by atoms with Gasteiger partial charge in [-0.1, -0.05) is 41.5 Å². The number of carbonyl (C=O) groups is 10. The first-order chi connectivity index (χ1) is 32.9. The van der Waals surface area contributed by atoms with E-state index in [-0.39, 0.29) is 49.3 Å². The number of amides is 7. The fourth-order valence-corrected chi connectivity index (χ4v) is 8.19.